The van der Waals surface area contributed by atoms with Crippen molar-refractivity contribution in [3.63, 3.8) is 0 Å². The summed E-state index contributed by atoms with van der Waals surface area (Å²) in [5.74, 6) is -0.850. The molecule has 0 bridgehead atoms. The highest BCUT2D eigenvalue weighted by Crippen LogP contribution is 2.40. The number of rotatable bonds is 10. The van der Waals surface area contributed by atoms with Crippen LogP contribution in [-0.2, 0) is 0 Å². The zero-order valence-electron chi connectivity index (χ0n) is 30.2. The first-order valence-corrected chi connectivity index (χ1v) is 20.0. The van der Waals surface area contributed by atoms with E-state index >= 15 is 0 Å². The number of aromatic hydroxyl groups is 2. The number of amides is 2. The fraction of sp³-hybridized carbons (Fsp3) is 0.140. The van der Waals surface area contributed by atoms with Crippen LogP contribution in [0.2, 0.25) is 0 Å². The minimum Gasteiger partial charge on any atom is -0.494 e. The highest BCUT2D eigenvalue weighted by atomic mass is 79.9. The fourth-order valence-electron chi connectivity index (χ4n) is 6.68. The first-order valence-electron chi connectivity index (χ1n) is 17.6. The van der Waals surface area contributed by atoms with Gasteiger partial charge in [0.15, 0.2) is 17.5 Å². The smallest absolute Gasteiger partial charge is 0.280 e. The Morgan fingerprint density at radius 3 is 1.52 bits per heavy atom. The lowest BCUT2D eigenvalue weighted by molar-refractivity contribution is 0.0975. The zero-order valence-corrected chi connectivity index (χ0v) is 34.9. The van der Waals surface area contributed by atoms with Crippen molar-refractivity contribution in [3.8, 4) is 34.3 Å². The van der Waals surface area contributed by atoms with Crippen LogP contribution < -0.4 is 0 Å². The number of benzene rings is 4. The predicted octanol–water partition coefficient (Wildman–Crippen LogP) is 9.96. The molecule has 0 atom stereocenters. The molecule has 0 radical (unpaired) electrons. The Kier molecular flexibility index (Phi) is 11.5. The average Bonchev–Trinajstić information content (AvgIpc) is 3.92. The normalized spacial score (nSPS) is 13.0. The number of carbonyl (C=O) groups is 3. The molecule has 56 heavy (non-hydrogen) atoms. The number of hydrogen-bond acceptors (Lipinski definition) is 6. The highest BCUT2D eigenvalue weighted by molar-refractivity contribution is 9.11. The predicted molar refractivity (Wildman–Crippen MR) is 228 cm³/mol. The third-order valence-corrected chi connectivity index (χ3v) is 11.0. The van der Waals surface area contributed by atoms with E-state index in [1.165, 1.54) is 0 Å². The summed E-state index contributed by atoms with van der Waals surface area (Å²) < 4.78 is 2.79. The van der Waals surface area contributed by atoms with Crippen molar-refractivity contribution in [2.45, 2.75) is 19.3 Å². The second kappa shape index (κ2) is 16.5. The van der Waals surface area contributed by atoms with E-state index in [0.717, 1.165) is 49.5 Å². The number of ketones is 1. The molecule has 4 heterocycles. The fourth-order valence-corrected chi connectivity index (χ4v) is 7.47. The van der Waals surface area contributed by atoms with Crippen molar-refractivity contribution >= 4 is 76.8 Å². The van der Waals surface area contributed by atoms with E-state index in [0.29, 0.717) is 62.6 Å². The number of hydrogen-bond donors (Lipinski definition) is 4. The summed E-state index contributed by atoms with van der Waals surface area (Å²) in [4.78, 5) is 54.2. The molecule has 4 N–H and O–H groups in total. The number of fused-ring (bicyclic) bond motifs is 2. The van der Waals surface area contributed by atoms with Gasteiger partial charge >= 0.3 is 0 Å². The van der Waals surface area contributed by atoms with Crippen LogP contribution in [0.1, 0.15) is 72.6 Å². The lowest BCUT2D eigenvalue weighted by Gasteiger charge is -2.09. The van der Waals surface area contributed by atoms with Gasteiger partial charge in [-0.3, -0.25) is 14.4 Å². The van der Waals surface area contributed by atoms with Crippen LogP contribution in [0.4, 0.5) is 0 Å². The second-order valence-electron chi connectivity index (χ2n) is 13.5. The Morgan fingerprint density at radius 1 is 0.607 bits per heavy atom. The summed E-state index contributed by atoms with van der Waals surface area (Å²) in [6, 6.07) is 29.6. The Bertz CT molecular complexity index is 2550. The molecule has 0 spiro atoms. The van der Waals surface area contributed by atoms with E-state index in [-0.39, 0.29) is 23.5 Å². The van der Waals surface area contributed by atoms with Crippen molar-refractivity contribution in [1.29, 1.82) is 0 Å². The van der Waals surface area contributed by atoms with Crippen molar-refractivity contribution in [2.24, 2.45) is 9.98 Å². The summed E-state index contributed by atoms with van der Waals surface area (Å²) in [7, 11) is 4.03. The Labute approximate surface area is 347 Å². The molecule has 4 aromatic carbocycles. The van der Waals surface area contributed by atoms with Gasteiger partial charge in [0.1, 0.15) is 0 Å². The maximum Gasteiger partial charge on any atom is 0.280 e. The van der Waals surface area contributed by atoms with Crippen LogP contribution in [-0.4, -0.2) is 74.7 Å². The summed E-state index contributed by atoms with van der Waals surface area (Å²) >= 11 is 10.2. The number of nitrogens with zero attached hydrogens (tertiary/aromatic N) is 3. The maximum absolute atomic E-state index is 12.8. The summed E-state index contributed by atoms with van der Waals surface area (Å²) in [5, 5.41) is 21.0. The van der Waals surface area contributed by atoms with E-state index in [4.69, 9.17) is 0 Å². The zero-order chi connectivity index (χ0) is 39.7. The van der Waals surface area contributed by atoms with Gasteiger partial charge in [-0.1, -0.05) is 102 Å². The molecule has 13 heteroatoms. The van der Waals surface area contributed by atoms with E-state index in [1.54, 1.807) is 18.2 Å². The van der Waals surface area contributed by atoms with E-state index in [9.17, 15) is 24.6 Å². The number of halogens is 3. The quantitative estimate of drug-likeness (QED) is 0.0793. The Morgan fingerprint density at radius 2 is 1.05 bits per heavy atom. The SMILES string of the molecule is CN(C)CCCCC(=O)c1cccc(-c2[nH]c(O)c3c2C(=O)N=C3c2ccc(Br)cc2)c1.O=C1N=C(c2ccc(Br)cc2)c2c(O)[nH]c(-c3ccc(Br)cc3)c21. The monoisotopic (exact) mass is 937 g/mol. The molecule has 0 fully saturated rings. The molecule has 6 aromatic rings. The van der Waals surface area contributed by atoms with Crippen molar-refractivity contribution < 1.29 is 24.6 Å². The van der Waals surface area contributed by atoms with Crippen LogP contribution in [0.3, 0.4) is 0 Å². The third kappa shape index (κ3) is 8.03. The average molecular weight is 940 g/mol. The minimum atomic E-state index is -0.412. The van der Waals surface area contributed by atoms with Crippen LogP contribution in [0.25, 0.3) is 22.5 Å². The van der Waals surface area contributed by atoms with E-state index in [2.05, 4.69) is 72.6 Å². The molecule has 10 nitrogen and oxygen atoms in total. The van der Waals surface area contributed by atoms with Gasteiger partial charge in [0.25, 0.3) is 11.8 Å². The number of H-pyrrole nitrogens is 2. The number of aromatic amines is 2. The molecule has 0 saturated carbocycles. The van der Waals surface area contributed by atoms with Gasteiger partial charge in [-0.2, -0.15) is 0 Å². The van der Waals surface area contributed by atoms with Gasteiger partial charge in [0.05, 0.1) is 45.1 Å². The maximum atomic E-state index is 12.8. The van der Waals surface area contributed by atoms with Crippen LogP contribution in [0.5, 0.6) is 11.8 Å². The number of Topliss-reactive ketones (excluding diaryl/α,β-unsaturated/α-hetero) is 1. The summed E-state index contributed by atoms with van der Waals surface area (Å²) in [6.45, 7) is 0.948. The molecule has 0 saturated heterocycles. The molecule has 2 aliphatic rings. The number of aromatic nitrogens is 2. The minimum absolute atomic E-state index is 0.0459. The van der Waals surface area contributed by atoms with Crippen LogP contribution in [0.15, 0.2) is 120 Å². The van der Waals surface area contributed by atoms with Crippen molar-refractivity contribution in [3.05, 3.63) is 149 Å². The topological polar surface area (TPSA) is 151 Å². The largest absolute Gasteiger partial charge is 0.494 e. The van der Waals surface area contributed by atoms with Gasteiger partial charge in [-0.05, 0) is 87.1 Å². The van der Waals surface area contributed by atoms with Gasteiger partial charge in [-0.15, -0.1) is 0 Å². The van der Waals surface area contributed by atoms with Gasteiger partial charge in [-0.25, -0.2) is 9.98 Å². The van der Waals surface area contributed by atoms with Crippen LogP contribution in [0, 0.1) is 0 Å². The first kappa shape index (κ1) is 39.0. The van der Waals surface area contributed by atoms with Gasteiger partial charge in [0, 0.05) is 36.5 Å². The first-order chi connectivity index (χ1) is 26.9. The molecule has 2 amide bonds. The van der Waals surface area contributed by atoms with E-state index in [1.807, 2.05) is 93.0 Å². The van der Waals surface area contributed by atoms with Gasteiger partial charge in [0.2, 0.25) is 0 Å². The molecular weight excluding hydrogens is 906 g/mol. The molecule has 0 unspecified atom stereocenters. The Hall–Kier alpha value is -5.21. The number of nitrogens with one attached hydrogen (secondary N) is 2. The Balaban J connectivity index is 0.000000178. The molecule has 2 aromatic heterocycles. The number of aliphatic imine (C=N–C) groups is 2. The molecule has 282 valence electrons. The molecule has 0 aliphatic carbocycles. The van der Waals surface area contributed by atoms with E-state index < -0.39 is 5.91 Å². The lowest BCUT2D eigenvalue weighted by Crippen LogP contribution is -2.13. The molecule has 8 rings (SSSR count). The standard InChI is InChI=1S/C25H24BrN3O3.C18H10Br2N2O2/c1-29(2)13-4-3-8-19(30)16-6-5-7-17(14-16)23-21-20(24(31)28-23)22(27-25(21)32)15-9-11-18(26)12-10-15;19-11-5-1-9(2-6-11)15-13-14(18(24)21-15)16(22-17(13)23)10-3-7-12(20)8-4-10/h5-7,9-12,14,28,31H,3-4,8,13H2,1-2H3;1-8,21,24H. The number of carbonyl (C=O) groups excluding carboxylic acids is 3. The molecule has 2 aliphatic heterocycles. The number of unbranched alkanes of at least 4 members (excludes halogenated alkanes) is 1. The second-order valence-corrected chi connectivity index (χ2v) is 16.3. The van der Waals surface area contributed by atoms with Crippen LogP contribution >= 0.6 is 47.8 Å². The van der Waals surface area contributed by atoms with Crippen molar-refractivity contribution in [1.82, 2.24) is 14.9 Å². The summed E-state index contributed by atoms with van der Waals surface area (Å²) in [6.07, 6.45) is 2.26. The summed E-state index contributed by atoms with van der Waals surface area (Å²) in [5.41, 5.74) is 7.16. The lowest BCUT2D eigenvalue weighted by atomic mass is 9.98. The van der Waals surface area contributed by atoms with Crippen molar-refractivity contribution in [2.75, 3.05) is 20.6 Å². The third-order valence-electron chi connectivity index (χ3n) is 9.39. The van der Waals surface area contributed by atoms with Gasteiger partial charge < -0.3 is 25.1 Å². The highest BCUT2D eigenvalue weighted by Gasteiger charge is 2.35. The molecular formula is C43H34Br3N5O5.